The zero-order valence-electron chi connectivity index (χ0n) is 9.70. The molecule has 17 heavy (non-hydrogen) atoms. The van der Waals surface area contributed by atoms with Crippen molar-refractivity contribution in [3.05, 3.63) is 23.3 Å². The van der Waals surface area contributed by atoms with Gasteiger partial charge < -0.3 is 10.2 Å². The van der Waals surface area contributed by atoms with Crippen LogP contribution in [0.15, 0.2) is 12.1 Å². The summed E-state index contributed by atoms with van der Waals surface area (Å²) in [5.74, 6) is 0.573. The third-order valence-corrected chi connectivity index (χ3v) is 4.23. The van der Waals surface area contributed by atoms with E-state index < -0.39 is 0 Å². The van der Waals surface area contributed by atoms with Crippen molar-refractivity contribution < 1.29 is 15.0 Å². The van der Waals surface area contributed by atoms with E-state index in [1.54, 1.807) is 6.07 Å². The lowest BCUT2D eigenvalue weighted by Crippen LogP contribution is -2.30. The van der Waals surface area contributed by atoms with E-state index in [9.17, 15) is 15.0 Å². The first-order valence-corrected chi connectivity index (χ1v) is 6.18. The van der Waals surface area contributed by atoms with Crippen LogP contribution in [0.3, 0.4) is 0 Å². The van der Waals surface area contributed by atoms with Crippen LogP contribution in [0.5, 0.6) is 11.5 Å². The Balaban J connectivity index is 2.11. The monoisotopic (exact) mass is 232 g/mol. The minimum atomic E-state index is -0.150. The molecule has 90 valence electrons. The second-order valence-electron chi connectivity index (χ2n) is 5.35. The van der Waals surface area contributed by atoms with Gasteiger partial charge in [0.1, 0.15) is 17.3 Å². The van der Waals surface area contributed by atoms with E-state index in [1.165, 1.54) is 6.07 Å². The van der Waals surface area contributed by atoms with E-state index in [4.69, 9.17) is 0 Å². The van der Waals surface area contributed by atoms with Crippen molar-refractivity contribution in [2.75, 3.05) is 0 Å². The topological polar surface area (TPSA) is 57.5 Å². The second-order valence-corrected chi connectivity index (χ2v) is 5.35. The highest BCUT2D eigenvalue weighted by molar-refractivity contribution is 5.81. The molecular formula is C14H16O3. The highest BCUT2D eigenvalue weighted by Crippen LogP contribution is 2.51. The molecule has 0 amide bonds. The average molecular weight is 232 g/mol. The van der Waals surface area contributed by atoms with Crippen LogP contribution in [0.1, 0.15) is 43.2 Å². The second kappa shape index (κ2) is 3.49. The van der Waals surface area contributed by atoms with Gasteiger partial charge in [0, 0.05) is 29.9 Å². The number of fused-ring (bicyclic) bond motifs is 2. The number of carbonyl (C=O) groups excluding carboxylic acids is 1. The van der Waals surface area contributed by atoms with Gasteiger partial charge in [-0.2, -0.15) is 0 Å². The molecule has 1 fully saturated rings. The molecule has 0 aliphatic heterocycles. The molecular weight excluding hydrogens is 216 g/mol. The molecule has 1 unspecified atom stereocenters. The summed E-state index contributed by atoms with van der Waals surface area (Å²) in [6.07, 6.45) is 4.90. The fraction of sp³-hybridized carbons (Fsp3) is 0.500. The molecule has 3 nitrogen and oxygen atoms in total. The molecule has 0 heterocycles. The van der Waals surface area contributed by atoms with Gasteiger partial charge in [-0.1, -0.05) is 0 Å². The van der Waals surface area contributed by atoms with E-state index in [-0.39, 0.29) is 16.9 Å². The Morgan fingerprint density at radius 1 is 1.12 bits per heavy atom. The normalized spacial score (nSPS) is 27.4. The lowest BCUT2D eigenvalue weighted by Gasteiger charge is -2.33. The van der Waals surface area contributed by atoms with Gasteiger partial charge in [0.05, 0.1) is 0 Å². The van der Waals surface area contributed by atoms with Gasteiger partial charge in [-0.15, -0.1) is 0 Å². The summed E-state index contributed by atoms with van der Waals surface area (Å²) in [7, 11) is 0. The van der Waals surface area contributed by atoms with E-state index in [0.29, 0.717) is 18.6 Å². The maximum absolute atomic E-state index is 11.7. The van der Waals surface area contributed by atoms with Crippen molar-refractivity contribution in [3.8, 4) is 11.5 Å². The molecule has 3 heteroatoms. The number of hydrogen-bond donors (Lipinski definition) is 2. The maximum atomic E-state index is 11.7. The molecule has 1 atom stereocenters. The third kappa shape index (κ3) is 1.53. The Morgan fingerprint density at radius 2 is 1.94 bits per heavy atom. The van der Waals surface area contributed by atoms with Gasteiger partial charge in [-0.25, -0.2) is 0 Å². The zero-order valence-corrected chi connectivity index (χ0v) is 9.70. The number of ketones is 1. The zero-order chi connectivity index (χ0) is 12.0. The first-order valence-electron chi connectivity index (χ1n) is 6.18. The largest absolute Gasteiger partial charge is 0.508 e. The van der Waals surface area contributed by atoms with Crippen LogP contribution < -0.4 is 0 Å². The van der Waals surface area contributed by atoms with Crippen LogP contribution in [0.25, 0.3) is 0 Å². The van der Waals surface area contributed by atoms with Gasteiger partial charge >= 0.3 is 0 Å². The molecule has 1 aromatic carbocycles. The number of phenols is 2. The number of benzene rings is 1. The van der Waals surface area contributed by atoms with Crippen LogP contribution in [0, 0.1) is 0 Å². The van der Waals surface area contributed by atoms with Crippen LogP contribution in [-0.2, 0) is 16.6 Å². The fourth-order valence-electron chi connectivity index (χ4n) is 3.58. The lowest BCUT2D eigenvalue weighted by atomic mass is 9.69. The standard InChI is InChI=1S/C14H16O3/c15-10-2-1-4-14(8-10)5-3-9-6-11(16)7-12(17)13(9)14/h6-7,16-17H,1-5,8H2. The SMILES string of the molecule is O=C1CCCC2(CCc3cc(O)cc(O)c32)C1. The first kappa shape index (κ1) is 10.6. The van der Waals surface area contributed by atoms with Crippen LogP contribution >= 0.6 is 0 Å². The Morgan fingerprint density at radius 3 is 2.71 bits per heavy atom. The molecule has 2 aliphatic carbocycles. The predicted octanol–water partition coefficient (Wildman–Crippen LogP) is 2.42. The van der Waals surface area contributed by atoms with Gasteiger partial charge in [-0.3, -0.25) is 4.79 Å². The maximum Gasteiger partial charge on any atom is 0.133 e. The van der Waals surface area contributed by atoms with E-state index in [2.05, 4.69) is 0 Å². The Hall–Kier alpha value is -1.51. The number of aryl methyl sites for hydroxylation is 1. The van der Waals surface area contributed by atoms with E-state index >= 15 is 0 Å². The van der Waals surface area contributed by atoms with Crippen LogP contribution in [-0.4, -0.2) is 16.0 Å². The quantitative estimate of drug-likeness (QED) is 0.722. The summed E-state index contributed by atoms with van der Waals surface area (Å²) in [4.78, 5) is 11.7. The summed E-state index contributed by atoms with van der Waals surface area (Å²) in [5, 5.41) is 19.5. The smallest absolute Gasteiger partial charge is 0.133 e. The van der Waals surface area contributed by atoms with Gasteiger partial charge in [0.25, 0.3) is 0 Å². The van der Waals surface area contributed by atoms with Crippen molar-refractivity contribution in [2.24, 2.45) is 0 Å². The summed E-state index contributed by atoms with van der Waals surface area (Å²) >= 11 is 0. The van der Waals surface area contributed by atoms with E-state index in [0.717, 1.165) is 36.8 Å². The van der Waals surface area contributed by atoms with Crippen molar-refractivity contribution in [2.45, 2.75) is 43.9 Å². The van der Waals surface area contributed by atoms with Crippen LogP contribution in [0.4, 0.5) is 0 Å². The average Bonchev–Trinajstić information content (AvgIpc) is 2.57. The summed E-state index contributed by atoms with van der Waals surface area (Å²) in [6, 6.07) is 3.12. The summed E-state index contributed by atoms with van der Waals surface area (Å²) < 4.78 is 0. The Labute approximate surface area is 100 Å². The number of phenolic OH excluding ortho intramolecular Hbond substituents is 2. The van der Waals surface area contributed by atoms with Crippen molar-refractivity contribution in [3.63, 3.8) is 0 Å². The molecule has 1 spiro atoms. The lowest BCUT2D eigenvalue weighted by molar-refractivity contribution is -0.122. The minimum Gasteiger partial charge on any atom is -0.508 e. The first-order chi connectivity index (χ1) is 8.11. The predicted molar refractivity (Wildman–Crippen MR) is 63.2 cm³/mol. The van der Waals surface area contributed by atoms with Crippen molar-refractivity contribution in [1.82, 2.24) is 0 Å². The highest BCUT2D eigenvalue weighted by atomic mass is 16.3. The minimum absolute atomic E-state index is 0.112. The number of aromatic hydroxyl groups is 2. The molecule has 2 N–H and O–H groups in total. The van der Waals surface area contributed by atoms with Crippen LogP contribution in [0.2, 0.25) is 0 Å². The fourth-order valence-corrected chi connectivity index (χ4v) is 3.58. The van der Waals surface area contributed by atoms with Crippen molar-refractivity contribution in [1.29, 1.82) is 0 Å². The van der Waals surface area contributed by atoms with E-state index in [1.807, 2.05) is 0 Å². The number of hydrogen-bond acceptors (Lipinski definition) is 3. The molecule has 0 saturated heterocycles. The van der Waals surface area contributed by atoms with Gasteiger partial charge in [-0.05, 0) is 37.3 Å². The summed E-state index contributed by atoms with van der Waals surface area (Å²) in [6.45, 7) is 0. The number of carbonyl (C=O) groups is 1. The molecule has 3 rings (SSSR count). The van der Waals surface area contributed by atoms with Gasteiger partial charge in [0.15, 0.2) is 0 Å². The molecule has 0 aromatic heterocycles. The molecule has 0 bridgehead atoms. The molecule has 1 saturated carbocycles. The molecule has 2 aliphatic rings. The third-order valence-electron chi connectivity index (χ3n) is 4.23. The number of rotatable bonds is 0. The number of Topliss-reactive ketones (excluding diaryl/α,β-unsaturated/α-hetero) is 1. The molecule has 1 aromatic rings. The Bertz CT molecular complexity index is 492. The Kier molecular flexibility index (Phi) is 2.18. The molecule has 0 radical (unpaired) electrons. The van der Waals surface area contributed by atoms with Gasteiger partial charge in [0.2, 0.25) is 0 Å². The summed E-state index contributed by atoms with van der Waals surface area (Å²) in [5.41, 5.74) is 1.78. The highest BCUT2D eigenvalue weighted by Gasteiger charge is 2.44. The van der Waals surface area contributed by atoms with Crippen molar-refractivity contribution >= 4 is 5.78 Å².